The first-order valence-corrected chi connectivity index (χ1v) is 10.9. The maximum atomic E-state index is 12.7. The van der Waals surface area contributed by atoms with E-state index in [4.69, 9.17) is 9.47 Å². The fourth-order valence-corrected chi connectivity index (χ4v) is 4.02. The van der Waals surface area contributed by atoms with E-state index >= 15 is 0 Å². The number of aliphatic hydroxyl groups is 1. The van der Waals surface area contributed by atoms with Gasteiger partial charge in [-0.25, -0.2) is 4.79 Å². The standard InChI is InChI=1S/C27H28N2O4/c1-18-9-7-8-12-24(18)29-19(2)26(27(31)32-3)23-15-22(13-14-25(23)29)33-17-21(30)16-28-20-10-5-4-6-11-20/h4-15,21,28,30H,16-17H2,1-3H3/t21-/m1/s1. The normalized spacial score (nSPS) is 11.9. The first-order chi connectivity index (χ1) is 16.0. The molecule has 0 aliphatic rings. The number of ether oxygens (including phenoxy) is 2. The molecule has 33 heavy (non-hydrogen) atoms. The molecule has 0 saturated carbocycles. The number of aromatic nitrogens is 1. The van der Waals surface area contributed by atoms with Gasteiger partial charge in [0, 0.05) is 29.0 Å². The molecule has 0 spiro atoms. The van der Waals surface area contributed by atoms with Gasteiger partial charge in [-0.1, -0.05) is 36.4 Å². The third kappa shape index (κ3) is 4.71. The van der Waals surface area contributed by atoms with Crippen molar-refractivity contribution in [3.05, 3.63) is 89.6 Å². The van der Waals surface area contributed by atoms with Crippen LogP contribution in [0.15, 0.2) is 72.8 Å². The third-order valence-corrected chi connectivity index (χ3v) is 5.68. The molecule has 2 N–H and O–H groups in total. The SMILES string of the molecule is COC(=O)c1c(C)n(-c2ccccc2C)c2ccc(OC[C@H](O)CNc3ccccc3)cc12. The van der Waals surface area contributed by atoms with Gasteiger partial charge in [0.2, 0.25) is 0 Å². The molecular formula is C27H28N2O4. The zero-order valence-electron chi connectivity index (χ0n) is 19.0. The van der Waals surface area contributed by atoms with Crippen LogP contribution in [0.3, 0.4) is 0 Å². The summed E-state index contributed by atoms with van der Waals surface area (Å²) in [6.07, 6.45) is -0.695. The zero-order chi connectivity index (χ0) is 23.4. The van der Waals surface area contributed by atoms with Crippen LogP contribution < -0.4 is 10.1 Å². The largest absolute Gasteiger partial charge is 0.491 e. The Morgan fingerprint density at radius 3 is 2.48 bits per heavy atom. The van der Waals surface area contributed by atoms with E-state index in [2.05, 4.69) is 9.88 Å². The number of anilines is 1. The van der Waals surface area contributed by atoms with E-state index in [1.165, 1.54) is 7.11 Å². The summed E-state index contributed by atoms with van der Waals surface area (Å²) in [4.78, 5) is 12.7. The number of aliphatic hydroxyl groups excluding tert-OH is 1. The van der Waals surface area contributed by atoms with Gasteiger partial charge in [0.05, 0.1) is 18.2 Å². The summed E-state index contributed by atoms with van der Waals surface area (Å²) in [6.45, 7) is 4.44. The van der Waals surface area contributed by atoms with Gasteiger partial charge in [-0.15, -0.1) is 0 Å². The minimum atomic E-state index is -0.695. The number of para-hydroxylation sites is 2. The van der Waals surface area contributed by atoms with E-state index in [1.54, 1.807) is 0 Å². The van der Waals surface area contributed by atoms with Crippen LogP contribution in [-0.2, 0) is 4.74 Å². The Morgan fingerprint density at radius 2 is 1.76 bits per heavy atom. The molecule has 0 aliphatic carbocycles. The van der Waals surface area contributed by atoms with Crippen molar-refractivity contribution in [3.8, 4) is 11.4 Å². The van der Waals surface area contributed by atoms with Crippen molar-refractivity contribution in [2.24, 2.45) is 0 Å². The molecule has 0 aliphatic heterocycles. The Hall–Kier alpha value is -3.77. The lowest BCUT2D eigenvalue weighted by molar-refractivity contribution is 0.0602. The van der Waals surface area contributed by atoms with Crippen molar-refractivity contribution in [1.82, 2.24) is 4.57 Å². The minimum absolute atomic E-state index is 0.121. The summed E-state index contributed by atoms with van der Waals surface area (Å²) in [5.41, 5.74) is 5.24. The molecule has 0 unspecified atom stereocenters. The lowest BCUT2D eigenvalue weighted by atomic mass is 10.1. The second-order valence-corrected chi connectivity index (χ2v) is 7.96. The van der Waals surface area contributed by atoms with Crippen LogP contribution in [0.4, 0.5) is 5.69 Å². The molecule has 1 aromatic heterocycles. The van der Waals surface area contributed by atoms with E-state index in [1.807, 2.05) is 86.6 Å². The van der Waals surface area contributed by atoms with Gasteiger partial charge < -0.3 is 24.5 Å². The highest BCUT2D eigenvalue weighted by atomic mass is 16.5. The van der Waals surface area contributed by atoms with Crippen LogP contribution in [-0.4, -0.2) is 42.0 Å². The van der Waals surface area contributed by atoms with Crippen LogP contribution in [0.5, 0.6) is 5.75 Å². The van der Waals surface area contributed by atoms with E-state index in [0.717, 1.165) is 33.5 Å². The number of aryl methyl sites for hydroxylation is 1. The molecular weight excluding hydrogens is 416 g/mol. The molecule has 1 atom stereocenters. The Balaban J connectivity index is 1.60. The van der Waals surface area contributed by atoms with Crippen LogP contribution in [0, 0.1) is 13.8 Å². The zero-order valence-corrected chi connectivity index (χ0v) is 19.0. The number of rotatable bonds is 8. The molecule has 6 heteroatoms. The molecule has 0 radical (unpaired) electrons. The molecule has 0 fully saturated rings. The predicted molar refractivity (Wildman–Crippen MR) is 131 cm³/mol. The second-order valence-electron chi connectivity index (χ2n) is 7.96. The number of carbonyl (C=O) groups is 1. The number of nitrogens with zero attached hydrogens (tertiary/aromatic N) is 1. The van der Waals surface area contributed by atoms with E-state index in [0.29, 0.717) is 17.9 Å². The molecule has 0 bridgehead atoms. The maximum Gasteiger partial charge on any atom is 0.340 e. The number of esters is 1. The molecule has 0 amide bonds. The van der Waals surface area contributed by atoms with E-state index in [-0.39, 0.29) is 6.61 Å². The summed E-state index contributed by atoms with van der Waals surface area (Å²) >= 11 is 0. The number of carbonyl (C=O) groups excluding carboxylic acids is 1. The van der Waals surface area contributed by atoms with Crippen molar-refractivity contribution in [2.75, 3.05) is 25.6 Å². The summed E-state index contributed by atoms with van der Waals surface area (Å²) in [7, 11) is 1.38. The first-order valence-electron chi connectivity index (χ1n) is 10.9. The van der Waals surface area contributed by atoms with Crippen LogP contribution >= 0.6 is 0 Å². The fraction of sp³-hybridized carbons (Fsp3) is 0.222. The van der Waals surface area contributed by atoms with Crippen molar-refractivity contribution in [2.45, 2.75) is 20.0 Å². The van der Waals surface area contributed by atoms with Crippen LogP contribution in [0.2, 0.25) is 0 Å². The summed E-state index contributed by atoms with van der Waals surface area (Å²) < 4.78 is 13.0. The van der Waals surface area contributed by atoms with Gasteiger partial charge in [0.25, 0.3) is 0 Å². The average molecular weight is 445 g/mol. The Bertz CT molecular complexity index is 1260. The smallest absolute Gasteiger partial charge is 0.340 e. The highest BCUT2D eigenvalue weighted by Gasteiger charge is 2.22. The molecule has 3 aromatic carbocycles. The number of benzene rings is 3. The molecule has 170 valence electrons. The van der Waals surface area contributed by atoms with Gasteiger partial charge in [-0.3, -0.25) is 0 Å². The maximum absolute atomic E-state index is 12.7. The summed E-state index contributed by atoms with van der Waals surface area (Å²) in [5.74, 6) is 0.183. The molecule has 4 rings (SSSR count). The lowest BCUT2D eigenvalue weighted by Crippen LogP contribution is -2.26. The Kier molecular flexibility index (Phi) is 6.66. The number of hydrogen-bond acceptors (Lipinski definition) is 5. The molecule has 0 saturated heterocycles. The molecule has 6 nitrogen and oxygen atoms in total. The van der Waals surface area contributed by atoms with Crippen molar-refractivity contribution in [1.29, 1.82) is 0 Å². The minimum Gasteiger partial charge on any atom is -0.491 e. The van der Waals surface area contributed by atoms with Crippen molar-refractivity contribution >= 4 is 22.6 Å². The lowest BCUT2D eigenvalue weighted by Gasteiger charge is -2.14. The highest BCUT2D eigenvalue weighted by Crippen LogP contribution is 2.33. The van der Waals surface area contributed by atoms with Gasteiger partial charge in [0.15, 0.2) is 0 Å². The van der Waals surface area contributed by atoms with Gasteiger partial charge in [-0.05, 0) is 55.8 Å². The monoisotopic (exact) mass is 444 g/mol. The van der Waals surface area contributed by atoms with Crippen molar-refractivity contribution < 1.29 is 19.4 Å². The summed E-state index contributed by atoms with van der Waals surface area (Å²) in [6, 6.07) is 23.4. The van der Waals surface area contributed by atoms with Gasteiger partial charge in [-0.2, -0.15) is 0 Å². The number of hydrogen-bond donors (Lipinski definition) is 2. The Labute approximate surface area is 193 Å². The Morgan fingerprint density at radius 1 is 1.03 bits per heavy atom. The fourth-order valence-electron chi connectivity index (χ4n) is 4.02. The van der Waals surface area contributed by atoms with Gasteiger partial charge >= 0.3 is 5.97 Å². The third-order valence-electron chi connectivity index (χ3n) is 5.68. The molecule has 1 heterocycles. The number of fused-ring (bicyclic) bond motifs is 1. The number of methoxy groups -OCH3 is 1. The predicted octanol–water partition coefficient (Wildman–Crippen LogP) is 4.89. The van der Waals surface area contributed by atoms with E-state index < -0.39 is 12.1 Å². The van der Waals surface area contributed by atoms with Crippen LogP contribution in [0.25, 0.3) is 16.6 Å². The quantitative estimate of drug-likeness (QED) is 0.379. The summed E-state index contributed by atoms with van der Waals surface area (Å²) in [5, 5.41) is 14.3. The van der Waals surface area contributed by atoms with E-state index in [9.17, 15) is 9.90 Å². The van der Waals surface area contributed by atoms with Crippen LogP contribution in [0.1, 0.15) is 21.6 Å². The number of nitrogens with one attached hydrogen (secondary N) is 1. The van der Waals surface area contributed by atoms with Gasteiger partial charge in [0.1, 0.15) is 18.5 Å². The molecule has 4 aromatic rings. The first kappa shape index (κ1) is 22.4. The van der Waals surface area contributed by atoms with Crippen molar-refractivity contribution in [3.63, 3.8) is 0 Å². The average Bonchev–Trinajstić information content (AvgIpc) is 3.12. The topological polar surface area (TPSA) is 72.7 Å². The second kappa shape index (κ2) is 9.79. The highest BCUT2D eigenvalue weighted by molar-refractivity contribution is 6.07.